The molecule has 0 bridgehead atoms. The van der Waals surface area contributed by atoms with Gasteiger partial charge in [0.25, 0.3) is 5.56 Å². The molecule has 1 aromatic heterocycles. The van der Waals surface area contributed by atoms with Crippen LogP contribution in [-0.2, 0) is 19.5 Å². The predicted molar refractivity (Wildman–Crippen MR) is 96.0 cm³/mol. The lowest BCUT2D eigenvalue weighted by molar-refractivity contribution is 0.245. The summed E-state index contributed by atoms with van der Waals surface area (Å²) in [6.45, 7) is 3.64. The summed E-state index contributed by atoms with van der Waals surface area (Å²) in [4.78, 5) is 19.9. The zero-order chi connectivity index (χ0) is 16.4. The number of rotatable bonds is 2. The zero-order valence-corrected chi connectivity index (χ0v) is 13.7. The molecule has 4 rings (SSSR count). The van der Waals surface area contributed by atoms with Crippen molar-refractivity contribution in [1.82, 2.24) is 14.5 Å². The fraction of sp³-hybridized carbons (Fsp3) is 0.300. The highest BCUT2D eigenvalue weighted by molar-refractivity contribution is 5.77. The van der Waals surface area contributed by atoms with E-state index in [4.69, 9.17) is 4.98 Å². The van der Waals surface area contributed by atoms with Crippen molar-refractivity contribution in [2.24, 2.45) is 0 Å². The van der Waals surface area contributed by atoms with E-state index in [2.05, 4.69) is 35.2 Å². The van der Waals surface area contributed by atoms with Crippen molar-refractivity contribution in [2.45, 2.75) is 25.9 Å². The van der Waals surface area contributed by atoms with Gasteiger partial charge in [0.15, 0.2) is 0 Å². The molecule has 1 aliphatic rings. The second-order valence-electron chi connectivity index (χ2n) is 6.37. The van der Waals surface area contributed by atoms with Gasteiger partial charge in [-0.3, -0.25) is 14.3 Å². The highest BCUT2D eigenvalue weighted by Gasteiger charge is 2.16. The topological polar surface area (TPSA) is 38.1 Å². The predicted octanol–water partition coefficient (Wildman–Crippen LogP) is 2.84. The molecule has 0 N–H and O–H groups in total. The molecule has 0 saturated heterocycles. The molecule has 0 saturated carbocycles. The number of benzene rings is 2. The Labute approximate surface area is 141 Å². The lowest BCUT2D eigenvalue weighted by Crippen LogP contribution is -2.35. The van der Waals surface area contributed by atoms with Crippen LogP contribution >= 0.6 is 0 Å². The molecule has 4 heteroatoms. The Bertz CT molecular complexity index is 902. The summed E-state index contributed by atoms with van der Waals surface area (Å²) < 4.78 is 1.88. The van der Waals surface area contributed by atoms with Crippen LogP contribution in [0.15, 0.2) is 59.4 Å². The Morgan fingerprint density at radius 2 is 1.71 bits per heavy atom. The van der Waals surface area contributed by atoms with Gasteiger partial charge in [0.2, 0.25) is 0 Å². The lowest BCUT2D eigenvalue weighted by atomic mass is 10.1. The highest BCUT2D eigenvalue weighted by Crippen LogP contribution is 2.13. The van der Waals surface area contributed by atoms with Crippen molar-refractivity contribution in [3.8, 4) is 0 Å². The van der Waals surface area contributed by atoms with E-state index in [1.54, 1.807) is 0 Å². The maximum Gasteiger partial charge on any atom is 0.261 e. The zero-order valence-electron chi connectivity index (χ0n) is 13.7. The first-order chi connectivity index (χ1) is 11.8. The van der Waals surface area contributed by atoms with Gasteiger partial charge in [0.05, 0.1) is 10.9 Å². The maximum absolute atomic E-state index is 12.7. The van der Waals surface area contributed by atoms with E-state index < -0.39 is 0 Å². The average Bonchev–Trinajstić information content (AvgIpc) is 2.60. The van der Waals surface area contributed by atoms with Crippen LogP contribution in [0.4, 0.5) is 0 Å². The van der Waals surface area contributed by atoms with Crippen molar-refractivity contribution in [2.75, 3.05) is 13.1 Å². The molecule has 0 spiro atoms. The largest absolute Gasteiger partial charge is 0.299 e. The number of para-hydroxylation sites is 1. The monoisotopic (exact) mass is 319 g/mol. The second-order valence-corrected chi connectivity index (χ2v) is 6.37. The molecule has 0 fully saturated rings. The molecule has 0 atom stereocenters. The molecule has 4 nitrogen and oxygen atoms in total. The molecule has 2 heterocycles. The summed E-state index contributed by atoms with van der Waals surface area (Å²) in [6.07, 6.45) is 1.78. The minimum Gasteiger partial charge on any atom is -0.299 e. The number of fused-ring (bicyclic) bond motifs is 2. The first kappa shape index (κ1) is 15.1. The minimum absolute atomic E-state index is 0.104. The third-order valence-electron chi connectivity index (χ3n) is 4.70. The number of hydrogen-bond donors (Lipinski definition) is 0. The van der Waals surface area contributed by atoms with Gasteiger partial charge in [-0.15, -0.1) is 0 Å². The molecule has 0 unspecified atom stereocenters. The molecule has 1 aliphatic heterocycles. The molecule has 0 radical (unpaired) electrons. The van der Waals surface area contributed by atoms with Crippen LogP contribution < -0.4 is 5.56 Å². The first-order valence-electron chi connectivity index (χ1n) is 8.56. The van der Waals surface area contributed by atoms with Crippen molar-refractivity contribution in [3.05, 3.63) is 76.3 Å². The van der Waals surface area contributed by atoms with Crippen molar-refractivity contribution in [3.63, 3.8) is 0 Å². The van der Waals surface area contributed by atoms with Crippen molar-refractivity contribution < 1.29 is 0 Å². The quantitative estimate of drug-likeness (QED) is 0.729. The van der Waals surface area contributed by atoms with E-state index in [0.29, 0.717) is 0 Å². The van der Waals surface area contributed by atoms with Crippen LogP contribution in [0.25, 0.3) is 10.9 Å². The normalized spacial score (nSPS) is 15.7. The Hall–Kier alpha value is -2.46. The van der Waals surface area contributed by atoms with Crippen LogP contribution in [0.5, 0.6) is 0 Å². The molecule has 0 amide bonds. The fourth-order valence-corrected chi connectivity index (χ4v) is 3.46. The minimum atomic E-state index is 0.104. The standard InChI is InChI=1S/C20H21N3O/c24-20-17-9-4-5-10-18(17)21-19-11-14-22(12-6-13-23(19)20)15-16-7-2-1-3-8-16/h1-5,7-10H,6,11-15H2. The fourth-order valence-electron chi connectivity index (χ4n) is 3.46. The Morgan fingerprint density at radius 1 is 0.917 bits per heavy atom. The van der Waals surface area contributed by atoms with Gasteiger partial charge in [-0.1, -0.05) is 42.5 Å². The summed E-state index contributed by atoms with van der Waals surface area (Å²) >= 11 is 0. The van der Waals surface area contributed by atoms with E-state index in [0.717, 1.165) is 55.7 Å². The third kappa shape index (κ3) is 2.97. The molecule has 2 aromatic carbocycles. The summed E-state index contributed by atoms with van der Waals surface area (Å²) in [5.41, 5.74) is 2.25. The molecule has 3 aromatic rings. The second kappa shape index (κ2) is 6.57. The van der Waals surface area contributed by atoms with Gasteiger partial charge >= 0.3 is 0 Å². The van der Waals surface area contributed by atoms with E-state index >= 15 is 0 Å². The maximum atomic E-state index is 12.7. The summed E-state index contributed by atoms with van der Waals surface area (Å²) in [6, 6.07) is 18.2. The number of hydrogen-bond acceptors (Lipinski definition) is 3. The summed E-state index contributed by atoms with van der Waals surface area (Å²) in [5.74, 6) is 0.913. The Morgan fingerprint density at radius 3 is 2.58 bits per heavy atom. The van der Waals surface area contributed by atoms with E-state index in [1.807, 2.05) is 28.8 Å². The van der Waals surface area contributed by atoms with Gasteiger partial charge < -0.3 is 0 Å². The van der Waals surface area contributed by atoms with Gasteiger partial charge in [0, 0.05) is 32.6 Å². The van der Waals surface area contributed by atoms with Crippen LogP contribution in [0.3, 0.4) is 0 Å². The van der Waals surface area contributed by atoms with Crippen LogP contribution in [0.2, 0.25) is 0 Å². The van der Waals surface area contributed by atoms with Crippen LogP contribution in [0.1, 0.15) is 17.8 Å². The van der Waals surface area contributed by atoms with Gasteiger partial charge in [-0.25, -0.2) is 4.98 Å². The Kier molecular flexibility index (Phi) is 4.13. The van der Waals surface area contributed by atoms with Crippen molar-refractivity contribution >= 4 is 10.9 Å². The Balaban J connectivity index is 1.61. The number of nitrogens with zero attached hydrogens (tertiary/aromatic N) is 3. The van der Waals surface area contributed by atoms with Gasteiger partial charge in [-0.2, -0.15) is 0 Å². The van der Waals surface area contributed by atoms with Gasteiger partial charge in [-0.05, 0) is 24.1 Å². The molecule has 24 heavy (non-hydrogen) atoms. The van der Waals surface area contributed by atoms with Crippen LogP contribution in [-0.4, -0.2) is 27.5 Å². The van der Waals surface area contributed by atoms with E-state index in [1.165, 1.54) is 5.56 Å². The average molecular weight is 319 g/mol. The SMILES string of the molecule is O=c1c2ccccc2nc2n1CCCN(Cc1ccccc1)CC2. The van der Waals surface area contributed by atoms with E-state index in [9.17, 15) is 4.79 Å². The van der Waals surface area contributed by atoms with Crippen molar-refractivity contribution in [1.29, 1.82) is 0 Å². The molecule has 0 aliphatic carbocycles. The van der Waals surface area contributed by atoms with E-state index in [-0.39, 0.29) is 5.56 Å². The van der Waals surface area contributed by atoms with Gasteiger partial charge in [0.1, 0.15) is 5.82 Å². The first-order valence-corrected chi connectivity index (χ1v) is 8.56. The van der Waals surface area contributed by atoms with Crippen LogP contribution in [0, 0.1) is 0 Å². The molecular formula is C20H21N3O. The smallest absolute Gasteiger partial charge is 0.261 e. The summed E-state index contributed by atoms with van der Waals surface area (Å²) in [5, 5.41) is 0.725. The summed E-state index contributed by atoms with van der Waals surface area (Å²) in [7, 11) is 0. The third-order valence-corrected chi connectivity index (χ3v) is 4.70. The number of aromatic nitrogens is 2. The lowest BCUT2D eigenvalue weighted by Gasteiger charge is -2.26. The highest BCUT2D eigenvalue weighted by atomic mass is 16.1. The molecular weight excluding hydrogens is 298 g/mol. The molecule has 122 valence electrons.